The molecule has 0 unspecified atom stereocenters. The van der Waals surface area contributed by atoms with Crippen LogP contribution in [-0.2, 0) is 14.8 Å². The average Bonchev–Trinajstić information content (AvgIpc) is 2.85. The third-order valence-electron chi connectivity index (χ3n) is 5.53. The zero-order valence-corrected chi connectivity index (χ0v) is 21.6. The Bertz CT molecular complexity index is 1670. The minimum atomic E-state index is -4.50. The molecule has 0 spiro atoms. The Morgan fingerprint density at radius 2 is 1.74 bits per heavy atom. The van der Waals surface area contributed by atoms with Gasteiger partial charge in [0, 0.05) is 17.0 Å². The molecule has 0 radical (unpaired) electrons. The van der Waals surface area contributed by atoms with Gasteiger partial charge in [0.25, 0.3) is 10.0 Å². The standard InChI is InChI=1S/C26H23F3N4O4S/c1-26(2,3)24(34)32-25-30-13-15-11-14(5-8-18(15)31-25)22-17(28)7-9-19(23(22)29)33-38(35,36)21-12-16(27)6-10-20(21)37-4/h5-13,33H,1-4H3,(H,30,31,32,34). The van der Waals surface area contributed by atoms with E-state index in [0.29, 0.717) is 10.9 Å². The molecule has 1 amide bonds. The number of carbonyl (C=O) groups is 1. The number of halogens is 3. The van der Waals surface area contributed by atoms with Crippen LogP contribution in [0, 0.1) is 22.9 Å². The van der Waals surface area contributed by atoms with Crippen LogP contribution in [0.2, 0.25) is 0 Å². The summed E-state index contributed by atoms with van der Waals surface area (Å²) in [6, 6.07) is 9.01. The Balaban J connectivity index is 1.70. The van der Waals surface area contributed by atoms with Gasteiger partial charge in [0.2, 0.25) is 11.9 Å². The number of sulfonamides is 1. The SMILES string of the molecule is COc1ccc(F)cc1S(=O)(=O)Nc1ccc(F)c(-c2ccc3nc(NC(=O)C(C)(C)C)ncc3c2)c1F. The van der Waals surface area contributed by atoms with E-state index in [1.165, 1.54) is 31.5 Å². The molecule has 1 aromatic heterocycles. The van der Waals surface area contributed by atoms with Gasteiger partial charge in [0.1, 0.15) is 22.3 Å². The van der Waals surface area contributed by atoms with Crippen molar-refractivity contribution in [2.24, 2.45) is 5.41 Å². The number of amides is 1. The molecule has 0 fully saturated rings. The summed E-state index contributed by atoms with van der Waals surface area (Å²) in [4.78, 5) is 20.0. The summed E-state index contributed by atoms with van der Waals surface area (Å²) in [5.41, 5.74) is -1.22. The third-order valence-corrected chi connectivity index (χ3v) is 6.91. The molecule has 198 valence electrons. The van der Waals surface area contributed by atoms with Crippen LogP contribution >= 0.6 is 0 Å². The van der Waals surface area contributed by atoms with E-state index in [4.69, 9.17) is 4.74 Å². The van der Waals surface area contributed by atoms with Crippen molar-refractivity contribution < 1.29 is 31.1 Å². The van der Waals surface area contributed by atoms with E-state index < -0.39 is 49.0 Å². The fraction of sp³-hybridized carbons (Fsp3) is 0.192. The van der Waals surface area contributed by atoms with E-state index in [-0.39, 0.29) is 23.2 Å². The maximum absolute atomic E-state index is 15.5. The van der Waals surface area contributed by atoms with E-state index in [1.54, 1.807) is 20.8 Å². The molecule has 0 aliphatic heterocycles. The van der Waals surface area contributed by atoms with Gasteiger partial charge in [-0.25, -0.2) is 31.6 Å². The van der Waals surface area contributed by atoms with Crippen LogP contribution < -0.4 is 14.8 Å². The molecule has 0 atom stereocenters. The molecule has 2 N–H and O–H groups in total. The number of benzene rings is 3. The number of aromatic nitrogens is 2. The molecule has 1 heterocycles. The second-order valence-electron chi connectivity index (χ2n) is 9.36. The molecule has 0 aliphatic rings. The quantitative estimate of drug-likeness (QED) is 0.331. The summed E-state index contributed by atoms with van der Waals surface area (Å²) in [6.45, 7) is 5.21. The summed E-state index contributed by atoms with van der Waals surface area (Å²) in [7, 11) is -3.30. The highest BCUT2D eigenvalue weighted by Crippen LogP contribution is 2.34. The first-order valence-electron chi connectivity index (χ1n) is 11.2. The Labute approximate surface area is 216 Å². The Morgan fingerprint density at radius 3 is 2.42 bits per heavy atom. The van der Waals surface area contributed by atoms with Gasteiger partial charge in [0.05, 0.1) is 23.9 Å². The highest BCUT2D eigenvalue weighted by Gasteiger charge is 2.25. The number of ether oxygens (including phenoxy) is 1. The van der Waals surface area contributed by atoms with Crippen molar-refractivity contribution in [3.8, 4) is 16.9 Å². The Hall–Kier alpha value is -4.19. The number of nitrogens with zero attached hydrogens (tertiary/aromatic N) is 2. The first-order chi connectivity index (χ1) is 17.8. The number of rotatable bonds is 6. The fourth-order valence-electron chi connectivity index (χ4n) is 3.49. The van der Waals surface area contributed by atoms with E-state index in [9.17, 15) is 22.0 Å². The molecule has 4 rings (SSSR count). The summed E-state index contributed by atoms with van der Waals surface area (Å²) in [5.74, 6) is -3.33. The van der Waals surface area contributed by atoms with Gasteiger partial charge in [0.15, 0.2) is 5.82 Å². The topological polar surface area (TPSA) is 110 Å². The van der Waals surface area contributed by atoms with Crippen molar-refractivity contribution in [1.29, 1.82) is 0 Å². The summed E-state index contributed by atoms with van der Waals surface area (Å²) in [6.07, 6.45) is 1.39. The smallest absolute Gasteiger partial charge is 0.265 e. The van der Waals surface area contributed by atoms with Crippen LogP contribution in [0.15, 0.2) is 59.6 Å². The van der Waals surface area contributed by atoms with Gasteiger partial charge < -0.3 is 4.74 Å². The Morgan fingerprint density at radius 1 is 1.00 bits per heavy atom. The van der Waals surface area contributed by atoms with Gasteiger partial charge in [-0.1, -0.05) is 26.8 Å². The van der Waals surface area contributed by atoms with E-state index in [2.05, 4.69) is 15.3 Å². The van der Waals surface area contributed by atoms with Crippen LogP contribution in [0.5, 0.6) is 5.75 Å². The molecule has 0 saturated carbocycles. The monoisotopic (exact) mass is 544 g/mol. The largest absolute Gasteiger partial charge is 0.495 e. The van der Waals surface area contributed by atoms with Crippen molar-refractivity contribution >= 4 is 38.5 Å². The second-order valence-corrected chi connectivity index (χ2v) is 11.0. The predicted molar refractivity (Wildman–Crippen MR) is 137 cm³/mol. The molecule has 12 heteroatoms. The molecule has 0 saturated heterocycles. The van der Waals surface area contributed by atoms with Crippen LogP contribution in [0.1, 0.15) is 20.8 Å². The van der Waals surface area contributed by atoms with Gasteiger partial charge in [-0.05, 0) is 48.0 Å². The molecule has 3 aromatic carbocycles. The number of carbonyl (C=O) groups excluding carboxylic acids is 1. The van der Waals surface area contributed by atoms with Gasteiger partial charge in [-0.2, -0.15) is 0 Å². The molecule has 4 aromatic rings. The molecule has 8 nitrogen and oxygen atoms in total. The minimum Gasteiger partial charge on any atom is -0.495 e. The van der Waals surface area contributed by atoms with Crippen LogP contribution in [0.25, 0.3) is 22.0 Å². The van der Waals surface area contributed by atoms with Crippen LogP contribution in [0.4, 0.5) is 24.8 Å². The maximum Gasteiger partial charge on any atom is 0.265 e. The van der Waals surface area contributed by atoms with Crippen molar-refractivity contribution in [1.82, 2.24) is 9.97 Å². The first-order valence-corrected chi connectivity index (χ1v) is 12.7. The van der Waals surface area contributed by atoms with E-state index in [1.807, 2.05) is 4.72 Å². The number of anilines is 2. The van der Waals surface area contributed by atoms with Gasteiger partial charge in [-0.3, -0.25) is 14.8 Å². The molecule has 38 heavy (non-hydrogen) atoms. The van der Waals surface area contributed by atoms with Crippen LogP contribution in [-0.4, -0.2) is 31.4 Å². The lowest BCUT2D eigenvalue weighted by atomic mass is 9.96. The number of fused-ring (bicyclic) bond motifs is 1. The fourth-order valence-corrected chi connectivity index (χ4v) is 4.74. The first kappa shape index (κ1) is 26.9. The van der Waals surface area contributed by atoms with Crippen molar-refractivity contribution in [3.63, 3.8) is 0 Å². The molecule has 0 aliphatic carbocycles. The zero-order chi connectivity index (χ0) is 27.8. The van der Waals surface area contributed by atoms with Crippen molar-refractivity contribution in [2.45, 2.75) is 25.7 Å². The lowest BCUT2D eigenvalue weighted by Gasteiger charge is -2.16. The minimum absolute atomic E-state index is 0.0757. The number of nitrogens with one attached hydrogen (secondary N) is 2. The summed E-state index contributed by atoms with van der Waals surface area (Å²) >= 11 is 0. The van der Waals surface area contributed by atoms with Crippen LogP contribution in [0.3, 0.4) is 0 Å². The summed E-state index contributed by atoms with van der Waals surface area (Å²) in [5, 5.41) is 3.04. The number of hydrogen-bond acceptors (Lipinski definition) is 6. The highest BCUT2D eigenvalue weighted by molar-refractivity contribution is 7.92. The third kappa shape index (κ3) is 5.40. The van der Waals surface area contributed by atoms with Crippen molar-refractivity contribution in [3.05, 3.63) is 72.2 Å². The summed E-state index contributed by atoms with van der Waals surface area (Å²) < 4.78 is 76.8. The maximum atomic E-state index is 15.5. The lowest BCUT2D eigenvalue weighted by Crippen LogP contribution is -2.28. The van der Waals surface area contributed by atoms with Crippen molar-refractivity contribution in [2.75, 3.05) is 17.1 Å². The second kappa shape index (κ2) is 9.93. The molecular weight excluding hydrogens is 521 g/mol. The highest BCUT2D eigenvalue weighted by atomic mass is 32.2. The lowest BCUT2D eigenvalue weighted by molar-refractivity contribution is -0.123. The van der Waals surface area contributed by atoms with E-state index in [0.717, 1.165) is 30.3 Å². The Kier molecular flexibility index (Phi) is 7.02. The van der Waals surface area contributed by atoms with E-state index >= 15 is 4.39 Å². The average molecular weight is 545 g/mol. The van der Waals surface area contributed by atoms with Gasteiger partial charge in [-0.15, -0.1) is 0 Å². The number of methoxy groups -OCH3 is 1. The zero-order valence-electron chi connectivity index (χ0n) is 20.8. The van der Waals surface area contributed by atoms with Gasteiger partial charge >= 0.3 is 0 Å². The molecular formula is C26H23F3N4O4S. The molecule has 0 bridgehead atoms. The normalized spacial score (nSPS) is 11.9. The number of hydrogen-bond donors (Lipinski definition) is 2. The predicted octanol–water partition coefficient (Wildman–Crippen LogP) is 5.51.